The standard InChI is InChI=1S/C21H25NO4S/c1-15(17-8-7-16-5-3-4-6-18(16)13-17)22-21(23)14-26-19-9-11-20(12-10-19)27(2,24)25/h7-13,15H,3-6,14H2,1-2H3,(H,22,23). The zero-order valence-electron chi connectivity index (χ0n) is 15.7. The predicted molar refractivity (Wildman–Crippen MR) is 105 cm³/mol. The molecule has 0 aliphatic heterocycles. The summed E-state index contributed by atoms with van der Waals surface area (Å²) in [6.45, 7) is 1.84. The molecule has 0 saturated heterocycles. The number of carbonyl (C=O) groups excluding carboxylic acids is 1. The maximum atomic E-state index is 12.2. The molecule has 1 N–H and O–H groups in total. The van der Waals surface area contributed by atoms with Crippen LogP contribution in [-0.4, -0.2) is 27.2 Å². The van der Waals surface area contributed by atoms with Crippen LogP contribution in [-0.2, 0) is 27.5 Å². The van der Waals surface area contributed by atoms with Gasteiger partial charge in [-0.2, -0.15) is 0 Å². The van der Waals surface area contributed by atoms with Gasteiger partial charge in [-0.3, -0.25) is 4.79 Å². The van der Waals surface area contributed by atoms with Crippen molar-refractivity contribution in [2.75, 3.05) is 12.9 Å². The van der Waals surface area contributed by atoms with Crippen LogP contribution >= 0.6 is 0 Å². The lowest BCUT2D eigenvalue weighted by Crippen LogP contribution is -2.31. The van der Waals surface area contributed by atoms with Gasteiger partial charge in [-0.15, -0.1) is 0 Å². The van der Waals surface area contributed by atoms with Gasteiger partial charge >= 0.3 is 0 Å². The minimum Gasteiger partial charge on any atom is -0.484 e. The molecule has 1 atom stereocenters. The summed E-state index contributed by atoms with van der Waals surface area (Å²) in [5, 5.41) is 2.95. The SMILES string of the molecule is CC(NC(=O)COc1ccc(S(C)(=O)=O)cc1)c1ccc2c(c1)CCCC2. The van der Waals surface area contributed by atoms with E-state index in [2.05, 4.69) is 23.5 Å². The normalized spacial score (nSPS) is 14.9. The van der Waals surface area contributed by atoms with E-state index in [9.17, 15) is 13.2 Å². The molecule has 1 aliphatic rings. The van der Waals surface area contributed by atoms with Crippen molar-refractivity contribution in [1.29, 1.82) is 0 Å². The molecule has 0 bridgehead atoms. The van der Waals surface area contributed by atoms with Crippen molar-refractivity contribution >= 4 is 15.7 Å². The molecule has 0 spiro atoms. The highest BCUT2D eigenvalue weighted by atomic mass is 32.2. The van der Waals surface area contributed by atoms with E-state index >= 15 is 0 Å². The lowest BCUT2D eigenvalue weighted by Gasteiger charge is -2.20. The van der Waals surface area contributed by atoms with Gasteiger partial charge in [-0.05, 0) is 73.6 Å². The van der Waals surface area contributed by atoms with Crippen molar-refractivity contribution in [2.45, 2.75) is 43.5 Å². The Hall–Kier alpha value is -2.34. The van der Waals surface area contributed by atoms with Gasteiger partial charge in [0, 0.05) is 6.26 Å². The molecule has 0 radical (unpaired) electrons. The highest BCUT2D eigenvalue weighted by molar-refractivity contribution is 7.90. The molecule has 6 heteroatoms. The second kappa shape index (κ2) is 8.13. The first-order valence-electron chi connectivity index (χ1n) is 9.17. The summed E-state index contributed by atoms with van der Waals surface area (Å²) in [6.07, 6.45) is 5.88. The van der Waals surface area contributed by atoms with E-state index in [1.54, 1.807) is 12.1 Å². The Bertz CT molecular complexity index is 920. The number of hydrogen-bond donors (Lipinski definition) is 1. The second-order valence-corrected chi connectivity index (χ2v) is 9.07. The van der Waals surface area contributed by atoms with Gasteiger partial charge in [0.25, 0.3) is 5.91 Å². The third-order valence-corrected chi connectivity index (χ3v) is 6.00. The number of aryl methyl sites for hydroxylation is 2. The molecule has 5 nitrogen and oxygen atoms in total. The minimum atomic E-state index is -3.24. The summed E-state index contributed by atoms with van der Waals surface area (Å²) in [5.41, 5.74) is 3.91. The lowest BCUT2D eigenvalue weighted by molar-refractivity contribution is -0.123. The van der Waals surface area contributed by atoms with Gasteiger partial charge in [0.15, 0.2) is 16.4 Å². The Morgan fingerprint density at radius 3 is 2.41 bits per heavy atom. The molecule has 0 aromatic heterocycles. The Labute approximate surface area is 160 Å². The van der Waals surface area contributed by atoms with E-state index in [0.29, 0.717) is 5.75 Å². The van der Waals surface area contributed by atoms with Gasteiger partial charge in [-0.1, -0.05) is 18.2 Å². The first-order chi connectivity index (χ1) is 12.8. The van der Waals surface area contributed by atoms with Gasteiger partial charge in [0.2, 0.25) is 0 Å². The maximum Gasteiger partial charge on any atom is 0.258 e. The summed E-state index contributed by atoms with van der Waals surface area (Å²) in [5.74, 6) is 0.242. The van der Waals surface area contributed by atoms with Crippen LogP contribution in [0.4, 0.5) is 0 Å². The molecule has 27 heavy (non-hydrogen) atoms. The van der Waals surface area contributed by atoms with Crippen LogP contribution in [0.1, 0.15) is 42.5 Å². The first-order valence-corrected chi connectivity index (χ1v) is 11.1. The molecule has 0 heterocycles. The van der Waals surface area contributed by atoms with Crippen molar-refractivity contribution in [3.8, 4) is 5.75 Å². The van der Waals surface area contributed by atoms with E-state index < -0.39 is 9.84 Å². The average Bonchev–Trinajstić information content (AvgIpc) is 2.65. The van der Waals surface area contributed by atoms with E-state index in [0.717, 1.165) is 24.7 Å². The Morgan fingerprint density at radius 1 is 1.07 bits per heavy atom. The molecule has 2 aromatic rings. The highest BCUT2D eigenvalue weighted by Crippen LogP contribution is 2.24. The topological polar surface area (TPSA) is 72.5 Å². The fraction of sp³-hybridized carbons (Fsp3) is 0.381. The first kappa shape index (κ1) is 19.4. The summed E-state index contributed by atoms with van der Waals surface area (Å²) >= 11 is 0. The van der Waals surface area contributed by atoms with Crippen molar-refractivity contribution < 1.29 is 17.9 Å². The molecule has 1 amide bonds. The molecule has 2 aromatic carbocycles. The van der Waals surface area contributed by atoms with Crippen LogP contribution in [0.15, 0.2) is 47.4 Å². The largest absolute Gasteiger partial charge is 0.484 e. The van der Waals surface area contributed by atoms with E-state index in [1.165, 1.54) is 36.1 Å². The number of rotatable bonds is 6. The smallest absolute Gasteiger partial charge is 0.258 e. The Kier molecular flexibility index (Phi) is 5.85. The van der Waals surface area contributed by atoms with E-state index in [4.69, 9.17) is 4.74 Å². The summed E-state index contributed by atoms with van der Waals surface area (Å²) in [4.78, 5) is 12.4. The molecule has 144 valence electrons. The fourth-order valence-corrected chi connectivity index (χ4v) is 3.95. The predicted octanol–water partition coefficient (Wildman–Crippen LogP) is 3.23. The van der Waals surface area contributed by atoms with Crippen molar-refractivity contribution in [1.82, 2.24) is 5.32 Å². The number of amides is 1. The maximum absolute atomic E-state index is 12.2. The summed E-state index contributed by atoms with van der Waals surface area (Å²) < 4.78 is 28.4. The number of fused-ring (bicyclic) bond motifs is 1. The van der Waals surface area contributed by atoms with Crippen LogP contribution in [0.2, 0.25) is 0 Å². The minimum absolute atomic E-state index is 0.0964. The number of ether oxygens (including phenoxy) is 1. The average molecular weight is 388 g/mol. The van der Waals surface area contributed by atoms with Crippen molar-refractivity contribution in [3.05, 3.63) is 59.2 Å². The molecule has 1 unspecified atom stereocenters. The second-order valence-electron chi connectivity index (χ2n) is 7.06. The summed E-state index contributed by atoms with van der Waals surface area (Å²) in [6, 6.07) is 12.4. The fourth-order valence-electron chi connectivity index (χ4n) is 3.32. The van der Waals surface area contributed by atoms with Crippen molar-refractivity contribution in [2.24, 2.45) is 0 Å². The lowest BCUT2D eigenvalue weighted by atomic mass is 9.89. The van der Waals surface area contributed by atoms with E-state index in [-0.39, 0.29) is 23.5 Å². The van der Waals surface area contributed by atoms with Gasteiger partial charge in [0.05, 0.1) is 10.9 Å². The quantitative estimate of drug-likeness (QED) is 0.826. The zero-order chi connectivity index (χ0) is 19.4. The van der Waals surface area contributed by atoms with Crippen LogP contribution in [0, 0.1) is 0 Å². The third kappa shape index (κ3) is 5.10. The summed E-state index contributed by atoms with van der Waals surface area (Å²) in [7, 11) is -3.24. The number of sulfone groups is 1. The van der Waals surface area contributed by atoms with Gasteiger partial charge in [0.1, 0.15) is 5.75 Å². The zero-order valence-corrected chi connectivity index (χ0v) is 16.5. The number of hydrogen-bond acceptors (Lipinski definition) is 4. The van der Waals surface area contributed by atoms with Gasteiger partial charge in [-0.25, -0.2) is 8.42 Å². The number of benzene rings is 2. The van der Waals surface area contributed by atoms with Crippen molar-refractivity contribution in [3.63, 3.8) is 0 Å². The van der Waals surface area contributed by atoms with E-state index in [1.807, 2.05) is 6.92 Å². The molecule has 3 rings (SSSR count). The molecule has 0 fully saturated rings. The monoisotopic (exact) mass is 387 g/mol. The van der Waals surface area contributed by atoms with Crippen LogP contribution < -0.4 is 10.1 Å². The number of carbonyl (C=O) groups is 1. The van der Waals surface area contributed by atoms with Crippen LogP contribution in [0.5, 0.6) is 5.75 Å². The Morgan fingerprint density at radius 2 is 1.74 bits per heavy atom. The molecular weight excluding hydrogens is 362 g/mol. The Balaban J connectivity index is 1.54. The molecule has 1 aliphatic carbocycles. The highest BCUT2D eigenvalue weighted by Gasteiger charge is 2.14. The van der Waals surface area contributed by atoms with Crippen LogP contribution in [0.25, 0.3) is 0 Å². The third-order valence-electron chi connectivity index (χ3n) is 4.87. The molecule has 0 saturated carbocycles. The van der Waals surface area contributed by atoms with Crippen LogP contribution in [0.3, 0.4) is 0 Å². The number of nitrogens with one attached hydrogen (secondary N) is 1. The van der Waals surface area contributed by atoms with Gasteiger partial charge < -0.3 is 10.1 Å². The molecular formula is C21H25NO4S.